The summed E-state index contributed by atoms with van der Waals surface area (Å²) < 4.78 is 11.0. The molecule has 0 unspecified atom stereocenters. The van der Waals surface area contributed by atoms with Crippen molar-refractivity contribution in [1.82, 2.24) is 0 Å². The Morgan fingerprint density at radius 2 is 2.07 bits per heavy atom. The number of halogens is 1. The Bertz CT molecular complexity index is 872. The van der Waals surface area contributed by atoms with E-state index in [1.54, 1.807) is 49.6 Å². The van der Waals surface area contributed by atoms with E-state index in [-0.39, 0.29) is 5.57 Å². The molecule has 0 radical (unpaired) electrons. The molecule has 1 N–H and O–H groups in total. The Hall–Kier alpha value is -2.97. The van der Waals surface area contributed by atoms with Gasteiger partial charge in [-0.1, -0.05) is 37.1 Å². The van der Waals surface area contributed by atoms with Crippen LogP contribution in [-0.2, 0) is 4.79 Å². The summed E-state index contributed by atoms with van der Waals surface area (Å²) in [4.78, 5) is 12.4. The van der Waals surface area contributed by atoms with Gasteiger partial charge >= 0.3 is 0 Å². The van der Waals surface area contributed by atoms with E-state index in [4.69, 9.17) is 21.1 Å². The van der Waals surface area contributed by atoms with Crippen LogP contribution in [0.1, 0.15) is 25.3 Å². The molecule has 2 rings (SSSR count). The van der Waals surface area contributed by atoms with Gasteiger partial charge in [-0.15, -0.1) is 0 Å². The predicted molar refractivity (Wildman–Crippen MR) is 107 cm³/mol. The number of carbonyl (C=O) groups is 1. The molecule has 0 aliphatic carbocycles. The van der Waals surface area contributed by atoms with Crippen LogP contribution >= 0.6 is 11.6 Å². The van der Waals surface area contributed by atoms with Gasteiger partial charge in [-0.25, -0.2) is 0 Å². The van der Waals surface area contributed by atoms with Crippen LogP contribution in [0.2, 0.25) is 5.02 Å². The number of methoxy groups -OCH3 is 1. The first-order chi connectivity index (χ1) is 13.1. The van der Waals surface area contributed by atoms with Crippen molar-refractivity contribution in [2.24, 2.45) is 0 Å². The predicted octanol–water partition coefficient (Wildman–Crippen LogP) is 5.07. The summed E-state index contributed by atoms with van der Waals surface area (Å²) in [5.74, 6) is 0.666. The maximum Gasteiger partial charge on any atom is 0.266 e. The van der Waals surface area contributed by atoms with Crippen LogP contribution in [0.5, 0.6) is 11.5 Å². The molecule has 0 aliphatic rings. The van der Waals surface area contributed by atoms with E-state index in [1.165, 1.54) is 6.08 Å². The molecule has 0 saturated heterocycles. The lowest BCUT2D eigenvalue weighted by Crippen LogP contribution is -2.13. The minimum Gasteiger partial charge on any atom is -0.493 e. The highest BCUT2D eigenvalue weighted by atomic mass is 35.5. The number of benzene rings is 2. The summed E-state index contributed by atoms with van der Waals surface area (Å²) in [5.41, 5.74) is 1.15. The lowest BCUT2D eigenvalue weighted by molar-refractivity contribution is -0.112. The van der Waals surface area contributed by atoms with Crippen LogP contribution < -0.4 is 14.8 Å². The largest absolute Gasteiger partial charge is 0.493 e. The first-order valence-electron chi connectivity index (χ1n) is 8.57. The fourth-order valence-electron chi connectivity index (χ4n) is 2.30. The Labute approximate surface area is 164 Å². The molecule has 0 heterocycles. The highest BCUT2D eigenvalue weighted by Crippen LogP contribution is 2.29. The topological polar surface area (TPSA) is 71.3 Å². The van der Waals surface area contributed by atoms with Crippen molar-refractivity contribution in [3.63, 3.8) is 0 Å². The van der Waals surface area contributed by atoms with Gasteiger partial charge in [0, 0.05) is 10.7 Å². The highest BCUT2D eigenvalue weighted by Gasteiger charge is 2.11. The Morgan fingerprint density at radius 3 is 2.74 bits per heavy atom. The highest BCUT2D eigenvalue weighted by molar-refractivity contribution is 6.31. The second-order valence-electron chi connectivity index (χ2n) is 5.75. The normalized spacial score (nSPS) is 10.8. The monoisotopic (exact) mass is 384 g/mol. The zero-order valence-electron chi connectivity index (χ0n) is 15.3. The Morgan fingerprint density at radius 1 is 1.26 bits per heavy atom. The van der Waals surface area contributed by atoms with Gasteiger partial charge in [0.2, 0.25) is 0 Å². The van der Waals surface area contributed by atoms with E-state index in [9.17, 15) is 10.1 Å². The van der Waals surface area contributed by atoms with Gasteiger partial charge in [0.05, 0.1) is 13.7 Å². The molecule has 140 valence electrons. The van der Waals surface area contributed by atoms with Crippen LogP contribution in [0.4, 0.5) is 5.69 Å². The maximum absolute atomic E-state index is 12.4. The first-order valence-corrected chi connectivity index (χ1v) is 8.94. The van der Waals surface area contributed by atoms with E-state index in [2.05, 4.69) is 12.2 Å². The van der Waals surface area contributed by atoms with E-state index in [0.29, 0.717) is 34.4 Å². The molecule has 0 aromatic heterocycles. The lowest BCUT2D eigenvalue weighted by atomic mass is 10.1. The van der Waals surface area contributed by atoms with Crippen LogP contribution in [0.3, 0.4) is 0 Å². The number of amides is 1. The number of ether oxygens (including phenoxy) is 2. The smallest absolute Gasteiger partial charge is 0.266 e. The number of nitrogens with zero attached hydrogens (tertiary/aromatic N) is 1. The average molecular weight is 385 g/mol. The number of hydrogen-bond acceptors (Lipinski definition) is 4. The van der Waals surface area contributed by atoms with Crippen molar-refractivity contribution in [3.8, 4) is 17.6 Å². The molecule has 0 saturated carbocycles. The van der Waals surface area contributed by atoms with Crippen molar-refractivity contribution in [2.75, 3.05) is 19.0 Å². The van der Waals surface area contributed by atoms with Crippen molar-refractivity contribution < 1.29 is 14.3 Å². The van der Waals surface area contributed by atoms with Crippen molar-refractivity contribution in [2.45, 2.75) is 19.8 Å². The second-order valence-corrected chi connectivity index (χ2v) is 6.18. The van der Waals surface area contributed by atoms with Gasteiger partial charge in [0.1, 0.15) is 11.6 Å². The van der Waals surface area contributed by atoms with Crippen molar-refractivity contribution in [1.29, 1.82) is 5.26 Å². The Balaban J connectivity index is 2.18. The van der Waals surface area contributed by atoms with E-state index >= 15 is 0 Å². The van der Waals surface area contributed by atoms with Gasteiger partial charge in [-0.2, -0.15) is 5.26 Å². The van der Waals surface area contributed by atoms with Gasteiger partial charge in [0.25, 0.3) is 5.91 Å². The first kappa shape index (κ1) is 20.3. The zero-order chi connectivity index (χ0) is 19.6. The SMILES string of the molecule is CCCCOc1ccc(/C=C(\C#N)C(=O)Nc2cccc(Cl)c2)cc1OC. The fraction of sp³-hybridized carbons (Fsp3) is 0.238. The molecule has 0 spiro atoms. The third-order valence-electron chi connectivity index (χ3n) is 3.70. The van der Waals surface area contributed by atoms with Crippen molar-refractivity contribution in [3.05, 3.63) is 58.6 Å². The van der Waals surface area contributed by atoms with Crippen LogP contribution in [0, 0.1) is 11.3 Å². The minimum atomic E-state index is -0.512. The maximum atomic E-state index is 12.4. The van der Waals surface area contributed by atoms with Gasteiger partial charge in [-0.05, 0) is 48.4 Å². The third-order valence-corrected chi connectivity index (χ3v) is 3.94. The van der Waals surface area contributed by atoms with Crippen LogP contribution in [-0.4, -0.2) is 19.6 Å². The van der Waals surface area contributed by atoms with Gasteiger partial charge in [-0.3, -0.25) is 4.79 Å². The molecular weight excluding hydrogens is 364 g/mol. The van der Waals surface area contributed by atoms with E-state index < -0.39 is 5.91 Å². The van der Waals surface area contributed by atoms with Crippen molar-refractivity contribution >= 4 is 29.3 Å². The molecule has 2 aromatic carbocycles. The number of anilines is 1. The number of unbranched alkanes of at least 4 members (excludes halogenated alkanes) is 1. The summed E-state index contributed by atoms with van der Waals surface area (Å²) in [7, 11) is 1.55. The molecule has 0 atom stereocenters. The van der Waals surface area contributed by atoms with Crippen LogP contribution in [0.25, 0.3) is 6.08 Å². The lowest BCUT2D eigenvalue weighted by Gasteiger charge is -2.11. The molecular formula is C21H21ClN2O3. The number of carbonyl (C=O) groups excluding carboxylic acids is 1. The summed E-state index contributed by atoms with van der Waals surface area (Å²) in [5, 5.41) is 12.5. The quantitative estimate of drug-likeness (QED) is 0.391. The zero-order valence-corrected chi connectivity index (χ0v) is 16.0. The molecule has 27 heavy (non-hydrogen) atoms. The number of nitrogens with one attached hydrogen (secondary N) is 1. The standard InChI is InChI=1S/C21H21ClN2O3/c1-3-4-10-27-19-9-8-15(12-20(19)26-2)11-16(14-23)21(25)24-18-7-5-6-17(22)13-18/h5-9,11-13H,3-4,10H2,1-2H3,(H,24,25)/b16-11+. The molecule has 5 nitrogen and oxygen atoms in total. The molecule has 6 heteroatoms. The molecule has 0 fully saturated rings. The van der Waals surface area contributed by atoms with E-state index in [0.717, 1.165) is 12.8 Å². The minimum absolute atomic E-state index is 0.0309. The number of nitriles is 1. The molecule has 1 amide bonds. The summed E-state index contributed by atoms with van der Waals surface area (Å²) in [6, 6.07) is 13.9. The fourth-order valence-corrected chi connectivity index (χ4v) is 2.49. The second kappa shape index (κ2) is 10.2. The Kier molecular flexibility index (Phi) is 7.72. The third kappa shape index (κ3) is 6.05. The summed E-state index contributed by atoms with van der Waals surface area (Å²) in [6.45, 7) is 2.69. The molecule has 0 aliphatic heterocycles. The van der Waals surface area contributed by atoms with E-state index in [1.807, 2.05) is 6.07 Å². The summed E-state index contributed by atoms with van der Waals surface area (Å²) >= 11 is 5.91. The van der Waals surface area contributed by atoms with Gasteiger partial charge in [0.15, 0.2) is 11.5 Å². The number of hydrogen-bond donors (Lipinski definition) is 1. The molecule has 0 bridgehead atoms. The summed E-state index contributed by atoms with van der Waals surface area (Å²) in [6.07, 6.45) is 3.49. The van der Waals surface area contributed by atoms with Crippen LogP contribution in [0.15, 0.2) is 48.0 Å². The number of rotatable bonds is 8. The molecule has 2 aromatic rings. The average Bonchev–Trinajstić information content (AvgIpc) is 2.66. The van der Waals surface area contributed by atoms with Gasteiger partial charge < -0.3 is 14.8 Å².